The molecule has 0 aliphatic carbocycles. The number of benzene rings is 1. The number of hydrogen-bond donors (Lipinski definition) is 0. The first-order chi connectivity index (χ1) is 11.6. The molecule has 2 heterocycles. The monoisotopic (exact) mass is 327 g/mol. The van der Waals surface area contributed by atoms with Crippen LogP contribution < -0.4 is 0 Å². The number of carbonyl (C=O) groups excluding carboxylic acids is 1. The van der Waals surface area contributed by atoms with Crippen LogP contribution in [0.2, 0.25) is 0 Å². The van der Waals surface area contributed by atoms with Crippen molar-refractivity contribution >= 4 is 5.91 Å². The molecular weight excluding hydrogens is 302 g/mol. The Balaban J connectivity index is 1.69. The molecule has 1 fully saturated rings. The summed E-state index contributed by atoms with van der Waals surface area (Å²) in [5, 5.41) is 4.16. The summed E-state index contributed by atoms with van der Waals surface area (Å²) in [4.78, 5) is 14.8. The van der Waals surface area contributed by atoms with Gasteiger partial charge in [0, 0.05) is 19.7 Å². The van der Waals surface area contributed by atoms with Crippen LogP contribution in [-0.2, 0) is 23.0 Å². The fourth-order valence-electron chi connectivity index (χ4n) is 3.48. The highest BCUT2D eigenvalue weighted by Gasteiger charge is 2.36. The molecule has 0 bridgehead atoms. The van der Waals surface area contributed by atoms with E-state index in [0.29, 0.717) is 13.0 Å². The van der Waals surface area contributed by atoms with Crippen molar-refractivity contribution in [3.05, 3.63) is 53.9 Å². The van der Waals surface area contributed by atoms with Gasteiger partial charge in [0.1, 0.15) is 6.10 Å². The molecule has 3 unspecified atom stereocenters. The van der Waals surface area contributed by atoms with Crippen molar-refractivity contribution in [2.75, 3.05) is 6.61 Å². The summed E-state index contributed by atoms with van der Waals surface area (Å²) in [7, 11) is 1.89. The lowest BCUT2D eigenvalue weighted by atomic mass is 9.98. The highest BCUT2D eigenvalue weighted by Crippen LogP contribution is 2.31. The lowest BCUT2D eigenvalue weighted by molar-refractivity contribution is -0.153. The maximum absolute atomic E-state index is 12.8. The fourth-order valence-corrected chi connectivity index (χ4v) is 3.48. The predicted octanol–water partition coefficient (Wildman–Crippen LogP) is 2.73. The van der Waals surface area contributed by atoms with E-state index in [-0.39, 0.29) is 24.1 Å². The lowest BCUT2D eigenvalue weighted by Crippen LogP contribution is -2.53. The summed E-state index contributed by atoms with van der Waals surface area (Å²) in [5.41, 5.74) is 2.22. The van der Waals surface area contributed by atoms with Gasteiger partial charge in [-0.15, -0.1) is 0 Å². The van der Waals surface area contributed by atoms with E-state index in [1.54, 1.807) is 4.68 Å². The van der Waals surface area contributed by atoms with Gasteiger partial charge in [-0.1, -0.05) is 30.3 Å². The second-order valence-corrected chi connectivity index (χ2v) is 6.58. The van der Waals surface area contributed by atoms with Gasteiger partial charge in [-0.3, -0.25) is 9.48 Å². The smallest absolute Gasteiger partial charge is 0.223 e. The van der Waals surface area contributed by atoms with Gasteiger partial charge in [0.15, 0.2) is 0 Å². The minimum atomic E-state index is -0.0651. The highest BCUT2D eigenvalue weighted by molar-refractivity contribution is 5.77. The van der Waals surface area contributed by atoms with Crippen molar-refractivity contribution < 1.29 is 9.53 Å². The molecule has 1 aromatic heterocycles. The van der Waals surface area contributed by atoms with E-state index in [1.807, 2.05) is 42.5 Å². The average Bonchev–Trinajstić information content (AvgIpc) is 2.99. The van der Waals surface area contributed by atoms with Crippen LogP contribution in [0, 0.1) is 0 Å². The minimum absolute atomic E-state index is 0.0255. The molecule has 1 amide bonds. The molecule has 1 aliphatic rings. The molecule has 5 nitrogen and oxygen atoms in total. The van der Waals surface area contributed by atoms with E-state index in [2.05, 4.69) is 31.1 Å². The third-order valence-electron chi connectivity index (χ3n) is 4.67. The quantitative estimate of drug-likeness (QED) is 0.867. The zero-order valence-electron chi connectivity index (χ0n) is 14.6. The van der Waals surface area contributed by atoms with Gasteiger partial charge in [-0.05, 0) is 31.4 Å². The van der Waals surface area contributed by atoms with Gasteiger partial charge in [0.25, 0.3) is 0 Å². The van der Waals surface area contributed by atoms with E-state index in [4.69, 9.17) is 4.74 Å². The van der Waals surface area contributed by atoms with Crippen LogP contribution in [-0.4, -0.2) is 39.3 Å². The SMILES string of the molecule is CC1COC(c2ccccc2)C(C)N1C(=O)CCc1cnn(C)c1. The Labute approximate surface area is 143 Å². The van der Waals surface area contributed by atoms with Crippen LogP contribution in [0.1, 0.15) is 37.5 Å². The first kappa shape index (κ1) is 16.7. The molecule has 1 aromatic carbocycles. The lowest BCUT2D eigenvalue weighted by Gasteiger charge is -2.44. The number of nitrogens with zero attached hydrogens (tertiary/aromatic N) is 3. The summed E-state index contributed by atoms with van der Waals surface area (Å²) < 4.78 is 7.80. The number of amides is 1. The van der Waals surface area contributed by atoms with Crippen molar-refractivity contribution in [2.45, 2.75) is 44.9 Å². The Kier molecular flexibility index (Phi) is 5.00. The molecular formula is C19H25N3O2. The first-order valence-electron chi connectivity index (χ1n) is 8.51. The number of aryl methyl sites for hydroxylation is 2. The molecule has 1 aliphatic heterocycles. The van der Waals surface area contributed by atoms with Gasteiger partial charge < -0.3 is 9.64 Å². The van der Waals surface area contributed by atoms with Crippen molar-refractivity contribution in [1.82, 2.24) is 14.7 Å². The van der Waals surface area contributed by atoms with Gasteiger partial charge in [0.2, 0.25) is 5.91 Å². The number of carbonyl (C=O) groups is 1. The largest absolute Gasteiger partial charge is 0.369 e. The Morgan fingerprint density at radius 1 is 1.29 bits per heavy atom. The number of rotatable bonds is 4. The second kappa shape index (κ2) is 7.18. The Morgan fingerprint density at radius 2 is 2.04 bits per heavy atom. The molecule has 3 atom stereocenters. The van der Waals surface area contributed by atoms with Gasteiger partial charge in [0.05, 0.1) is 24.9 Å². The van der Waals surface area contributed by atoms with Crippen LogP contribution in [0.4, 0.5) is 0 Å². The van der Waals surface area contributed by atoms with Crippen LogP contribution in [0.15, 0.2) is 42.7 Å². The maximum Gasteiger partial charge on any atom is 0.223 e. The standard InChI is InChI=1S/C19H25N3O2/c1-14-13-24-19(17-7-5-4-6-8-17)15(2)22(14)18(23)10-9-16-11-20-21(3)12-16/h4-8,11-12,14-15,19H,9-10,13H2,1-3H3. The van der Waals surface area contributed by atoms with Crippen molar-refractivity contribution in [2.24, 2.45) is 7.05 Å². The summed E-state index contributed by atoms with van der Waals surface area (Å²) in [6, 6.07) is 10.3. The number of aromatic nitrogens is 2. The number of morpholine rings is 1. The van der Waals surface area contributed by atoms with E-state index >= 15 is 0 Å². The van der Waals surface area contributed by atoms with Crippen LogP contribution in [0.25, 0.3) is 0 Å². The molecule has 5 heteroatoms. The summed E-state index contributed by atoms with van der Waals surface area (Å²) in [6.07, 6.45) is 4.95. The van der Waals surface area contributed by atoms with Gasteiger partial charge >= 0.3 is 0 Å². The van der Waals surface area contributed by atoms with Crippen LogP contribution in [0.5, 0.6) is 0 Å². The van der Waals surface area contributed by atoms with E-state index in [9.17, 15) is 4.79 Å². The molecule has 1 saturated heterocycles. The van der Waals surface area contributed by atoms with E-state index in [1.165, 1.54) is 0 Å². The van der Waals surface area contributed by atoms with Crippen molar-refractivity contribution in [3.63, 3.8) is 0 Å². The third-order valence-corrected chi connectivity index (χ3v) is 4.67. The predicted molar refractivity (Wildman–Crippen MR) is 92.4 cm³/mol. The highest BCUT2D eigenvalue weighted by atomic mass is 16.5. The second-order valence-electron chi connectivity index (χ2n) is 6.58. The van der Waals surface area contributed by atoms with Crippen molar-refractivity contribution in [3.8, 4) is 0 Å². The number of hydrogen-bond acceptors (Lipinski definition) is 3. The van der Waals surface area contributed by atoms with Crippen LogP contribution in [0.3, 0.4) is 0 Å². The summed E-state index contributed by atoms with van der Waals surface area (Å²) in [5.74, 6) is 0.183. The van der Waals surface area contributed by atoms with Crippen LogP contribution >= 0.6 is 0 Å². The molecule has 128 valence electrons. The number of ether oxygens (including phenoxy) is 1. The van der Waals surface area contributed by atoms with Gasteiger partial charge in [-0.2, -0.15) is 5.10 Å². The Morgan fingerprint density at radius 3 is 2.71 bits per heavy atom. The van der Waals surface area contributed by atoms with E-state index in [0.717, 1.165) is 17.5 Å². The Hall–Kier alpha value is -2.14. The first-order valence-corrected chi connectivity index (χ1v) is 8.51. The molecule has 24 heavy (non-hydrogen) atoms. The molecule has 0 N–H and O–H groups in total. The van der Waals surface area contributed by atoms with E-state index < -0.39 is 0 Å². The molecule has 0 radical (unpaired) electrons. The summed E-state index contributed by atoms with van der Waals surface area (Å²) >= 11 is 0. The fraction of sp³-hybridized carbons (Fsp3) is 0.474. The average molecular weight is 327 g/mol. The Bertz CT molecular complexity index is 683. The molecule has 0 spiro atoms. The topological polar surface area (TPSA) is 47.4 Å². The summed E-state index contributed by atoms with van der Waals surface area (Å²) in [6.45, 7) is 4.71. The zero-order chi connectivity index (χ0) is 17.1. The normalized spacial score (nSPS) is 24.1. The minimum Gasteiger partial charge on any atom is -0.369 e. The van der Waals surface area contributed by atoms with Gasteiger partial charge in [-0.25, -0.2) is 0 Å². The zero-order valence-corrected chi connectivity index (χ0v) is 14.6. The molecule has 0 saturated carbocycles. The van der Waals surface area contributed by atoms with Crippen molar-refractivity contribution in [1.29, 1.82) is 0 Å². The molecule has 3 rings (SSSR count). The maximum atomic E-state index is 12.8. The molecule has 2 aromatic rings. The third kappa shape index (κ3) is 3.51.